The largest absolute Gasteiger partial charge is 0.481 e. The number of unbranched alkanes of at least 4 members (excludes halogenated alkanes) is 25. The molecule has 37 heavy (non-hydrogen) atoms. The lowest BCUT2D eigenvalue weighted by Crippen LogP contribution is -2.23. The van der Waals surface area contributed by atoms with E-state index in [1.165, 1.54) is 154 Å². The van der Waals surface area contributed by atoms with E-state index < -0.39 is 18.0 Å². The molecule has 222 valence electrons. The van der Waals surface area contributed by atoms with E-state index in [9.17, 15) is 15.0 Å². The first-order chi connectivity index (χ1) is 18.1. The highest BCUT2D eigenvalue weighted by Gasteiger charge is 2.20. The molecular weight excluding hydrogens is 460 g/mol. The summed E-state index contributed by atoms with van der Waals surface area (Å²) >= 11 is 0. The molecule has 0 aromatic heterocycles. The molecule has 0 bridgehead atoms. The molecule has 0 aliphatic rings. The average Bonchev–Trinajstić information content (AvgIpc) is 2.89. The molecule has 0 aromatic rings. The van der Waals surface area contributed by atoms with Gasteiger partial charge < -0.3 is 15.3 Å². The highest BCUT2D eigenvalue weighted by Crippen LogP contribution is 2.19. The summed E-state index contributed by atoms with van der Waals surface area (Å²) in [5.74, 6) is -1.39. The Morgan fingerprint density at radius 1 is 0.514 bits per heavy atom. The van der Waals surface area contributed by atoms with Gasteiger partial charge in [0.2, 0.25) is 0 Å². The monoisotopic (exact) mass is 526 g/mol. The van der Waals surface area contributed by atoms with Crippen molar-refractivity contribution in [1.82, 2.24) is 0 Å². The summed E-state index contributed by atoms with van der Waals surface area (Å²) in [5.41, 5.74) is 0. The highest BCUT2D eigenvalue weighted by atomic mass is 16.4. The van der Waals surface area contributed by atoms with E-state index in [0.29, 0.717) is 6.42 Å². The van der Waals surface area contributed by atoms with Gasteiger partial charge >= 0.3 is 5.97 Å². The first kappa shape index (κ1) is 36.4. The molecule has 0 spiro atoms. The molecule has 0 aromatic carbocycles. The van der Waals surface area contributed by atoms with Crippen molar-refractivity contribution in [2.24, 2.45) is 5.92 Å². The number of hydrogen-bond acceptors (Lipinski definition) is 3. The Morgan fingerprint density at radius 2 is 0.784 bits per heavy atom. The standard InChI is InChI=1S/C33H66O4/c1-2-3-4-5-6-7-8-9-10-11-12-13-14-15-16-17-18-19-20-21-22-23-24-25-26-27-28-31(33(36)37)29-32(35)30-34/h31-32,34-35H,2-30H2,1H3,(H,36,37). The lowest BCUT2D eigenvalue weighted by Gasteiger charge is -2.15. The lowest BCUT2D eigenvalue weighted by atomic mass is 9.94. The van der Waals surface area contributed by atoms with E-state index in [1.54, 1.807) is 0 Å². The third-order valence-corrected chi connectivity index (χ3v) is 8.02. The van der Waals surface area contributed by atoms with Crippen LogP contribution in [0.2, 0.25) is 0 Å². The van der Waals surface area contributed by atoms with E-state index in [-0.39, 0.29) is 13.0 Å². The topological polar surface area (TPSA) is 77.8 Å². The smallest absolute Gasteiger partial charge is 0.306 e. The second-order valence-corrected chi connectivity index (χ2v) is 11.7. The molecule has 2 unspecified atom stereocenters. The summed E-state index contributed by atoms with van der Waals surface area (Å²) < 4.78 is 0. The van der Waals surface area contributed by atoms with Crippen LogP contribution in [0.4, 0.5) is 0 Å². The molecule has 0 saturated heterocycles. The number of carboxylic acid groups (broad SMARTS) is 1. The zero-order chi connectivity index (χ0) is 27.2. The maximum atomic E-state index is 11.2. The Bertz CT molecular complexity index is 454. The Hall–Kier alpha value is -0.610. The van der Waals surface area contributed by atoms with Crippen molar-refractivity contribution in [1.29, 1.82) is 0 Å². The lowest BCUT2D eigenvalue weighted by molar-refractivity contribution is -0.143. The van der Waals surface area contributed by atoms with Gasteiger partial charge in [-0.05, 0) is 12.8 Å². The van der Waals surface area contributed by atoms with Gasteiger partial charge in [-0.3, -0.25) is 4.79 Å². The van der Waals surface area contributed by atoms with Gasteiger partial charge in [0.05, 0.1) is 18.6 Å². The predicted molar refractivity (Wildman–Crippen MR) is 159 cm³/mol. The SMILES string of the molecule is CCCCCCCCCCCCCCCCCCCCCCCCCCCCC(CC(O)CO)C(=O)O. The molecule has 0 aliphatic heterocycles. The molecule has 0 radical (unpaired) electrons. The van der Waals surface area contributed by atoms with Crippen LogP contribution in [-0.2, 0) is 4.79 Å². The fourth-order valence-electron chi connectivity index (χ4n) is 5.45. The van der Waals surface area contributed by atoms with Crippen LogP contribution < -0.4 is 0 Å². The van der Waals surface area contributed by atoms with Crippen LogP contribution in [0, 0.1) is 5.92 Å². The quantitative estimate of drug-likeness (QED) is 0.0785. The zero-order valence-electron chi connectivity index (χ0n) is 24.9. The van der Waals surface area contributed by atoms with Crippen molar-refractivity contribution in [3.8, 4) is 0 Å². The molecule has 0 amide bonds. The maximum absolute atomic E-state index is 11.2. The Morgan fingerprint density at radius 3 is 1.03 bits per heavy atom. The van der Waals surface area contributed by atoms with Crippen molar-refractivity contribution in [3.63, 3.8) is 0 Å². The van der Waals surface area contributed by atoms with E-state index >= 15 is 0 Å². The van der Waals surface area contributed by atoms with E-state index in [1.807, 2.05) is 0 Å². The fourth-order valence-corrected chi connectivity index (χ4v) is 5.45. The van der Waals surface area contributed by atoms with Crippen LogP contribution in [0.3, 0.4) is 0 Å². The van der Waals surface area contributed by atoms with Crippen molar-refractivity contribution >= 4 is 5.97 Å². The van der Waals surface area contributed by atoms with Crippen LogP contribution in [0.5, 0.6) is 0 Å². The molecule has 0 rings (SSSR count). The summed E-state index contributed by atoms with van der Waals surface area (Å²) in [4.78, 5) is 11.2. The average molecular weight is 527 g/mol. The van der Waals surface area contributed by atoms with Crippen molar-refractivity contribution < 1.29 is 20.1 Å². The van der Waals surface area contributed by atoms with Crippen molar-refractivity contribution in [2.45, 2.75) is 193 Å². The summed E-state index contributed by atoms with van der Waals surface area (Å²) in [6.45, 7) is 1.93. The molecular formula is C33H66O4. The number of aliphatic carboxylic acids is 1. The summed E-state index contributed by atoms with van der Waals surface area (Å²) in [6, 6.07) is 0. The van der Waals surface area contributed by atoms with Gasteiger partial charge in [0, 0.05) is 0 Å². The van der Waals surface area contributed by atoms with E-state index in [4.69, 9.17) is 5.11 Å². The van der Waals surface area contributed by atoms with Crippen molar-refractivity contribution in [2.75, 3.05) is 6.61 Å². The van der Waals surface area contributed by atoms with Crippen LogP contribution in [0.25, 0.3) is 0 Å². The van der Waals surface area contributed by atoms with Crippen LogP contribution in [0.1, 0.15) is 187 Å². The molecule has 4 heteroatoms. The first-order valence-corrected chi connectivity index (χ1v) is 16.6. The van der Waals surface area contributed by atoms with E-state index in [0.717, 1.165) is 12.8 Å². The van der Waals surface area contributed by atoms with Gasteiger partial charge in [0.1, 0.15) is 0 Å². The number of aliphatic hydroxyl groups is 2. The number of aliphatic hydroxyl groups excluding tert-OH is 2. The molecule has 0 aliphatic carbocycles. The van der Waals surface area contributed by atoms with Gasteiger partial charge in [0.25, 0.3) is 0 Å². The number of carbonyl (C=O) groups is 1. The normalized spacial score (nSPS) is 13.2. The molecule has 3 N–H and O–H groups in total. The summed E-state index contributed by atoms with van der Waals surface area (Å²) in [7, 11) is 0. The highest BCUT2D eigenvalue weighted by molar-refractivity contribution is 5.69. The molecule has 0 fully saturated rings. The second kappa shape index (κ2) is 29.9. The molecule has 4 nitrogen and oxygen atoms in total. The number of rotatable bonds is 31. The van der Waals surface area contributed by atoms with Gasteiger partial charge in [-0.15, -0.1) is 0 Å². The van der Waals surface area contributed by atoms with Gasteiger partial charge in [0.15, 0.2) is 0 Å². The molecule has 2 atom stereocenters. The fraction of sp³-hybridized carbons (Fsp3) is 0.970. The van der Waals surface area contributed by atoms with E-state index in [2.05, 4.69) is 6.92 Å². The van der Waals surface area contributed by atoms with Crippen LogP contribution in [-0.4, -0.2) is 34.0 Å². The molecule has 0 heterocycles. The van der Waals surface area contributed by atoms with Crippen LogP contribution in [0.15, 0.2) is 0 Å². The maximum Gasteiger partial charge on any atom is 0.306 e. The summed E-state index contributed by atoms with van der Waals surface area (Å²) in [6.07, 6.45) is 35.5. The minimum atomic E-state index is -0.912. The number of hydrogen-bond donors (Lipinski definition) is 3. The Labute approximate surface area is 231 Å². The predicted octanol–water partition coefficient (Wildman–Crippen LogP) is 9.98. The Balaban J connectivity index is 3.20. The third-order valence-electron chi connectivity index (χ3n) is 8.02. The number of carboxylic acids is 1. The Kier molecular flexibility index (Phi) is 29.4. The van der Waals surface area contributed by atoms with Crippen LogP contribution >= 0.6 is 0 Å². The van der Waals surface area contributed by atoms with Crippen molar-refractivity contribution in [3.05, 3.63) is 0 Å². The summed E-state index contributed by atoms with van der Waals surface area (Å²) in [5, 5.41) is 27.6. The minimum Gasteiger partial charge on any atom is -0.481 e. The minimum absolute atomic E-state index is 0.158. The zero-order valence-corrected chi connectivity index (χ0v) is 24.9. The molecule has 0 saturated carbocycles. The van der Waals surface area contributed by atoms with Gasteiger partial charge in [-0.1, -0.05) is 174 Å². The second-order valence-electron chi connectivity index (χ2n) is 11.7. The van der Waals surface area contributed by atoms with Gasteiger partial charge in [-0.2, -0.15) is 0 Å². The third kappa shape index (κ3) is 28.2. The first-order valence-electron chi connectivity index (χ1n) is 16.6. The van der Waals surface area contributed by atoms with Gasteiger partial charge in [-0.25, -0.2) is 0 Å².